The molecule has 1 aromatic carbocycles. The zero-order valence-corrected chi connectivity index (χ0v) is 14.1. The van der Waals surface area contributed by atoms with Crippen molar-refractivity contribution < 1.29 is 22.7 Å². The number of fused-ring (bicyclic) bond motifs is 1. The fourth-order valence-electron chi connectivity index (χ4n) is 2.32. The third-order valence-electron chi connectivity index (χ3n) is 3.33. The lowest BCUT2D eigenvalue weighted by Gasteiger charge is -2.13. The quantitative estimate of drug-likeness (QED) is 0.665. The summed E-state index contributed by atoms with van der Waals surface area (Å²) >= 11 is 3.09. The molecule has 5 nitrogen and oxygen atoms in total. The maximum atomic E-state index is 12.5. The third kappa shape index (κ3) is 4.30. The second-order valence-corrected chi connectivity index (χ2v) is 6.04. The van der Waals surface area contributed by atoms with E-state index >= 15 is 0 Å². The second kappa shape index (κ2) is 6.75. The van der Waals surface area contributed by atoms with Gasteiger partial charge in [-0.05, 0) is 24.3 Å². The van der Waals surface area contributed by atoms with Crippen molar-refractivity contribution in [3.05, 3.63) is 52.8 Å². The average Bonchev–Trinajstić information content (AvgIpc) is 2.92. The van der Waals surface area contributed by atoms with Crippen molar-refractivity contribution in [2.24, 2.45) is 0 Å². The lowest BCUT2D eigenvalue weighted by molar-refractivity contribution is -0.274. The molecule has 0 radical (unpaired) electrons. The number of carbonyl (C=O) groups is 1. The van der Waals surface area contributed by atoms with Crippen molar-refractivity contribution in [3.8, 4) is 5.75 Å². The molecule has 0 atom stereocenters. The summed E-state index contributed by atoms with van der Waals surface area (Å²) in [6.07, 6.45) is -1.93. The normalized spacial score (nSPS) is 11.5. The van der Waals surface area contributed by atoms with Gasteiger partial charge >= 0.3 is 6.36 Å². The first-order valence-corrected chi connectivity index (χ1v) is 7.87. The molecule has 130 valence electrons. The van der Waals surface area contributed by atoms with Crippen LogP contribution in [0.4, 0.5) is 18.9 Å². The van der Waals surface area contributed by atoms with Crippen LogP contribution in [0.3, 0.4) is 0 Å². The third-order valence-corrected chi connectivity index (χ3v) is 3.82. The van der Waals surface area contributed by atoms with Crippen LogP contribution in [0.15, 0.2) is 47.2 Å². The Kier molecular flexibility index (Phi) is 4.67. The first-order chi connectivity index (χ1) is 11.8. The minimum atomic E-state index is -4.84. The Labute approximate surface area is 148 Å². The molecule has 0 spiro atoms. The van der Waals surface area contributed by atoms with Crippen LogP contribution < -0.4 is 10.1 Å². The molecule has 0 aliphatic heterocycles. The standard InChI is InChI=1S/C16H11BrF3N3O2/c17-10-4-3-9(13(7-10)25-16(18,19)20)6-14(24)23-12-8-22-15-11(12)2-1-5-21-15/h1-5,7-8H,6H2,(H,21,22)(H,23,24). The monoisotopic (exact) mass is 413 g/mol. The summed E-state index contributed by atoms with van der Waals surface area (Å²) in [4.78, 5) is 19.2. The molecule has 2 aromatic heterocycles. The van der Waals surface area contributed by atoms with E-state index < -0.39 is 18.0 Å². The fourth-order valence-corrected chi connectivity index (χ4v) is 2.66. The number of anilines is 1. The number of aromatic amines is 1. The largest absolute Gasteiger partial charge is 0.573 e. The summed E-state index contributed by atoms with van der Waals surface area (Å²) in [5.41, 5.74) is 1.22. The summed E-state index contributed by atoms with van der Waals surface area (Å²) in [5, 5.41) is 3.37. The maximum absolute atomic E-state index is 12.5. The Balaban J connectivity index is 1.79. The van der Waals surface area contributed by atoms with Crippen molar-refractivity contribution in [2.45, 2.75) is 12.8 Å². The predicted octanol–water partition coefficient (Wildman–Crippen LogP) is 4.41. The van der Waals surface area contributed by atoms with Gasteiger partial charge in [-0.3, -0.25) is 4.79 Å². The Morgan fingerprint density at radius 1 is 1.32 bits per heavy atom. The number of rotatable bonds is 4. The molecule has 0 saturated heterocycles. The maximum Gasteiger partial charge on any atom is 0.573 e. The van der Waals surface area contributed by atoms with Gasteiger partial charge < -0.3 is 15.0 Å². The minimum absolute atomic E-state index is 0.121. The highest BCUT2D eigenvalue weighted by molar-refractivity contribution is 9.10. The molecule has 3 rings (SSSR count). The molecule has 2 N–H and O–H groups in total. The summed E-state index contributed by atoms with van der Waals surface area (Å²) in [6, 6.07) is 7.61. The van der Waals surface area contributed by atoms with Crippen molar-refractivity contribution in [1.82, 2.24) is 9.97 Å². The van der Waals surface area contributed by atoms with Gasteiger partial charge in [-0.2, -0.15) is 0 Å². The molecular formula is C16H11BrF3N3O2. The Morgan fingerprint density at radius 3 is 2.88 bits per heavy atom. The molecule has 0 unspecified atom stereocenters. The van der Waals surface area contributed by atoms with E-state index in [4.69, 9.17) is 0 Å². The van der Waals surface area contributed by atoms with E-state index in [2.05, 4.69) is 36.0 Å². The van der Waals surface area contributed by atoms with Crippen LogP contribution >= 0.6 is 15.9 Å². The number of ether oxygens (including phenoxy) is 1. The smallest absolute Gasteiger partial charge is 0.405 e. The summed E-state index contributed by atoms with van der Waals surface area (Å²) in [5.74, 6) is -0.892. The lowest BCUT2D eigenvalue weighted by atomic mass is 10.1. The number of H-pyrrole nitrogens is 1. The molecule has 0 saturated carbocycles. The fraction of sp³-hybridized carbons (Fsp3) is 0.125. The molecule has 3 aromatic rings. The van der Waals surface area contributed by atoms with Gasteiger partial charge in [-0.1, -0.05) is 22.0 Å². The van der Waals surface area contributed by atoms with Crippen molar-refractivity contribution >= 4 is 38.6 Å². The van der Waals surface area contributed by atoms with Crippen LogP contribution in [0, 0.1) is 0 Å². The molecule has 1 amide bonds. The number of carbonyl (C=O) groups excluding carboxylic acids is 1. The van der Waals surface area contributed by atoms with E-state index in [0.717, 1.165) is 0 Å². The molecule has 0 aliphatic carbocycles. The number of pyridine rings is 1. The van der Waals surface area contributed by atoms with Gasteiger partial charge in [0, 0.05) is 27.8 Å². The first kappa shape index (κ1) is 17.3. The highest BCUT2D eigenvalue weighted by Crippen LogP contribution is 2.30. The van der Waals surface area contributed by atoms with Gasteiger partial charge in [0.05, 0.1) is 12.1 Å². The van der Waals surface area contributed by atoms with Crippen molar-refractivity contribution in [3.63, 3.8) is 0 Å². The number of amides is 1. The van der Waals surface area contributed by atoms with Crippen LogP contribution in [-0.2, 0) is 11.2 Å². The van der Waals surface area contributed by atoms with Crippen molar-refractivity contribution in [2.75, 3.05) is 5.32 Å². The van der Waals surface area contributed by atoms with E-state index in [1.807, 2.05) is 0 Å². The number of hydrogen-bond donors (Lipinski definition) is 2. The highest BCUT2D eigenvalue weighted by atomic mass is 79.9. The van der Waals surface area contributed by atoms with E-state index in [-0.39, 0.29) is 12.0 Å². The number of benzene rings is 1. The zero-order chi connectivity index (χ0) is 18.0. The number of nitrogens with zero attached hydrogens (tertiary/aromatic N) is 1. The topological polar surface area (TPSA) is 67.0 Å². The van der Waals surface area contributed by atoms with Crippen LogP contribution in [0.25, 0.3) is 11.0 Å². The molecule has 2 heterocycles. The minimum Gasteiger partial charge on any atom is -0.405 e. The Hall–Kier alpha value is -2.55. The van der Waals surface area contributed by atoms with Gasteiger partial charge in [0.2, 0.25) is 5.91 Å². The van der Waals surface area contributed by atoms with Crippen LogP contribution in [-0.4, -0.2) is 22.2 Å². The number of aromatic nitrogens is 2. The van der Waals surface area contributed by atoms with Gasteiger partial charge in [0.1, 0.15) is 11.4 Å². The first-order valence-electron chi connectivity index (χ1n) is 7.08. The SMILES string of the molecule is O=C(Cc1ccc(Br)cc1OC(F)(F)F)Nc1c[nH]c2ncccc12. The van der Waals surface area contributed by atoms with Crippen LogP contribution in [0.5, 0.6) is 5.75 Å². The van der Waals surface area contributed by atoms with E-state index in [9.17, 15) is 18.0 Å². The van der Waals surface area contributed by atoms with Crippen LogP contribution in [0.1, 0.15) is 5.56 Å². The van der Waals surface area contributed by atoms with Gasteiger partial charge in [-0.25, -0.2) is 4.98 Å². The summed E-state index contributed by atoms with van der Waals surface area (Å²) in [6.45, 7) is 0. The van der Waals surface area contributed by atoms with Gasteiger partial charge in [0.15, 0.2) is 0 Å². The lowest BCUT2D eigenvalue weighted by Crippen LogP contribution is -2.20. The van der Waals surface area contributed by atoms with Gasteiger partial charge in [0.25, 0.3) is 0 Å². The summed E-state index contributed by atoms with van der Waals surface area (Å²) in [7, 11) is 0. The Morgan fingerprint density at radius 2 is 2.12 bits per heavy atom. The molecule has 0 aliphatic rings. The Bertz CT molecular complexity index is 924. The molecule has 9 heteroatoms. The van der Waals surface area contributed by atoms with Gasteiger partial charge in [-0.15, -0.1) is 13.2 Å². The zero-order valence-electron chi connectivity index (χ0n) is 12.5. The second-order valence-electron chi connectivity index (χ2n) is 5.13. The number of nitrogens with one attached hydrogen (secondary N) is 2. The summed E-state index contributed by atoms with van der Waals surface area (Å²) < 4.78 is 42.0. The molecular weight excluding hydrogens is 403 g/mol. The highest BCUT2D eigenvalue weighted by Gasteiger charge is 2.32. The average molecular weight is 414 g/mol. The van der Waals surface area contributed by atoms with E-state index in [1.165, 1.54) is 12.1 Å². The molecule has 0 fully saturated rings. The van der Waals surface area contributed by atoms with Crippen molar-refractivity contribution in [1.29, 1.82) is 0 Å². The van der Waals surface area contributed by atoms with E-state index in [1.54, 1.807) is 30.6 Å². The molecule has 25 heavy (non-hydrogen) atoms. The molecule has 0 bridgehead atoms. The number of hydrogen-bond acceptors (Lipinski definition) is 3. The number of halogens is 4. The van der Waals surface area contributed by atoms with Crippen LogP contribution in [0.2, 0.25) is 0 Å². The predicted molar refractivity (Wildman–Crippen MR) is 89.3 cm³/mol. The number of alkyl halides is 3. The van der Waals surface area contributed by atoms with E-state index in [0.29, 0.717) is 21.2 Å².